The summed E-state index contributed by atoms with van der Waals surface area (Å²) in [7, 11) is 0. The van der Waals surface area contributed by atoms with Crippen molar-refractivity contribution in [1.29, 1.82) is 0 Å². The molecule has 3 heteroatoms. The standard InChI is InChI=1S/C10H19NOS/c12-10-3-4-11-6-9(10)8-2-1-5-13-7-8/h8-12H,1-7H2. The lowest BCUT2D eigenvalue weighted by Gasteiger charge is -2.36. The van der Waals surface area contributed by atoms with Crippen LogP contribution >= 0.6 is 11.8 Å². The molecule has 0 saturated carbocycles. The molecular formula is C10H19NOS. The number of rotatable bonds is 1. The van der Waals surface area contributed by atoms with Crippen LogP contribution in [0.3, 0.4) is 0 Å². The van der Waals surface area contributed by atoms with Crippen molar-refractivity contribution in [2.24, 2.45) is 11.8 Å². The van der Waals surface area contributed by atoms with E-state index in [1.807, 2.05) is 0 Å². The second-order valence-electron chi connectivity index (χ2n) is 4.20. The van der Waals surface area contributed by atoms with Crippen molar-refractivity contribution in [3.8, 4) is 0 Å². The molecule has 0 aromatic heterocycles. The molecule has 2 N–H and O–H groups in total. The fourth-order valence-electron chi connectivity index (χ4n) is 2.45. The highest BCUT2D eigenvalue weighted by atomic mass is 32.2. The quantitative estimate of drug-likeness (QED) is 0.666. The highest BCUT2D eigenvalue weighted by Gasteiger charge is 2.31. The first kappa shape index (κ1) is 9.81. The third kappa shape index (κ3) is 2.39. The van der Waals surface area contributed by atoms with Crippen molar-refractivity contribution < 1.29 is 5.11 Å². The lowest BCUT2D eigenvalue weighted by atomic mass is 9.82. The van der Waals surface area contributed by atoms with E-state index < -0.39 is 0 Å². The minimum absolute atomic E-state index is 0.0371. The summed E-state index contributed by atoms with van der Waals surface area (Å²) in [5, 5.41) is 13.3. The molecule has 76 valence electrons. The summed E-state index contributed by atoms with van der Waals surface area (Å²) in [5.41, 5.74) is 0. The van der Waals surface area contributed by atoms with Crippen LogP contribution in [0.2, 0.25) is 0 Å². The van der Waals surface area contributed by atoms with Gasteiger partial charge in [0.1, 0.15) is 0 Å². The number of hydrogen-bond donors (Lipinski definition) is 2. The predicted octanol–water partition coefficient (Wildman–Crippen LogP) is 1.10. The average molecular weight is 201 g/mol. The third-order valence-electron chi connectivity index (χ3n) is 3.29. The largest absolute Gasteiger partial charge is 0.393 e. The van der Waals surface area contributed by atoms with Gasteiger partial charge in [0.15, 0.2) is 0 Å². The molecule has 0 radical (unpaired) electrons. The molecule has 2 aliphatic heterocycles. The zero-order valence-electron chi connectivity index (χ0n) is 8.04. The van der Waals surface area contributed by atoms with Crippen molar-refractivity contribution in [2.75, 3.05) is 24.6 Å². The Morgan fingerprint density at radius 3 is 2.92 bits per heavy atom. The molecule has 2 fully saturated rings. The van der Waals surface area contributed by atoms with Crippen LogP contribution < -0.4 is 5.32 Å². The van der Waals surface area contributed by atoms with E-state index in [0.717, 1.165) is 25.4 Å². The van der Waals surface area contributed by atoms with Crippen LogP contribution in [-0.2, 0) is 0 Å². The first-order chi connectivity index (χ1) is 6.38. The maximum absolute atomic E-state index is 9.87. The fourth-order valence-corrected chi connectivity index (χ4v) is 3.71. The molecule has 2 rings (SSSR count). The van der Waals surface area contributed by atoms with Crippen molar-refractivity contribution in [1.82, 2.24) is 5.32 Å². The van der Waals surface area contributed by atoms with Crippen LogP contribution in [0.25, 0.3) is 0 Å². The lowest BCUT2D eigenvalue weighted by Crippen LogP contribution is -2.44. The first-order valence-electron chi connectivity index (χ1n) is 5.34. The van der Waals surface area contributed by atoms with E-state index in [0.29, 0.717) is 5.92 Å². The fraction of sp³-hybridized carbons (Fsp3) is 1.00. The Hall–Kier alpha value is 0.270. The number of nitrogens with one attached hydrogen (secondary N) is 1. The van der Waals surface area contributed by atoms with E-state index in [4.69, 9.17) is 0 Å². The zero-order chi connectivity index (χ0) is 9.10. The Balaban J connectivity index is 1.88. The highest BCUT2D eigenvalue weighted by molar-refractivity contribution is 7.99. The second-order valence-corrected chi connectivity index (χ2v) is 5.35. The SMILES string of the molecule is OC1CCNCC1C1CCCSC1. The summed E-state index contributed by atoms with van der Waals surface area (Å²) < 4.78 is 0. The Labute approximate surface area is 84.5 Å². The topological polar surface area (TPSA) is 32.3 Å². The van der Waals surface area contributed by atoms with E-state index in [9.17, 15) is 5.11 Å². The van der Waals surface area contributed by atoms with Crippen molar-refractivity contribution in [3.05, 3.63) is 0 Å². The first-order valence-corrected chi connectivity index (χ1v) is 6.50. The van der Waals surface area contributed by atoms with Gasteiger partial charge >= 0.3 is 0 Å². The molecule has 0 aliphatic carbocycles. The van der Waals surface area contributed by atoms with Gasteiger partial charge < -0.3 is 10.4 Å². The molecule has 3 atom stereocenters. The van der Waals surface area contributed by atoms with Crippen molar-refractivity contribution in [2.45, 2.75) is 25.4 Å². The van der Waals surface area contributed by atoms with Gasteiger partial charge in [-0.1, -0.05) is 0 Å². The summed E-state index contributed by atoms with van der Waals surface area (Å²) in [5.74, 6) is 3.89. The lowest BCUT2D eigenvalue weighted by molar-refractivity contribution is 0.0489. The van der Waals surface area contributed by atoms with Gasteiger partial charge in [-0.3, -0.25) is 0 Å². The molecule has 0 aromatic rings. The number of thioether (sulfide) groups is 1. The Morgan fingerprint density at radius 1 is 1.31 bits per heavy atom. The van der Waals surface area contributed by atoms with Gasteiger partial charge in [0, 0.05) is 12.5 Å². The van der Waals surface area contributed by atoms with Crippen LogP contribution in [0.4, 0.5) is 0 Å². The number of piperidine rings is 1. The Morgan fingerprint density at radius 2 is 2.23 bits per heavy atom. The number of aliphatic hydroxyl groups is 1. The molecule has 0 amide bonds. The van der Waals surface area contributed by atoms with Gasteiger partial charge in [-0.15, -0.1) is 0 Å². The molecule has 13 heavy (non-hydrogen) atoms. The van der Waals surface area contributed by atoms with Gasteiger partial charge in [-0.05, 0) is 43.2 Å². The minimum atomic E-state index is -0.0371. The third-order valence-corrected chi connectivity index (χ3v) is 4.53. The summed E-state index contributed by atoms with van der Waals surface area (Å²) in [6, 6.07) is 0. The smallest absolute Gasteiger partial charge is 0.0595 e. The van der Waals surface area contributed by atoms with Crippen LogP contribution in [0, 0.1) is 11.8 Å². The molecule has 0 aromatic carbocycles. The monoisotopic (exact) mass is 201 g/mol. The molecule has 2 heterocycles. The summed E-state index contributed by atoms with van der Waals surface area (Å²) in [4.78, 5) is 0. The van der Waals surface area contributed by atoms with Crippen LogP contribution in [0.5, 0.6) is 0 Å². The zero-order valence-corrected chi connectivity index (χ0v) is 8.85. The van der Waals surface area contributed by atoms with E-state index in [-0.39, 0.29) is 6.10 Å². The maximum atomic E-state index is 9.87. The Bertz CT molecular complexity index is 159. The van der Waals surface area contributed by atoms with E-state index in [1.54, 1.807) is 0 Å². The number of hydrogen-bond acceptors (Lipinski definition) is 3. The highest BCUT2D eigenvalue weighted by Crippen LogP contribution is 2.31. The molecule has 0 spiro atoms. The van der Waals surface area contributed by atoms with E-state index in [1.165, 1.54) is 24.3 Å². The number of aliphatic hydroxyl groups excluding tert-OH is 1. The Kier molecular flexibility index (Phi) is 3.52. The predicted molar refractivity (Wildman–Crippen MR) is 57.0 cm³/mol. The molecule has 0 bridgehead atoms. The summed E-state index contributed by atoms with van der Waals surface area (Å²) in [6.07, 6.45) is 3.59. The maximum Gasteiger partial charge on any atom is 0.0595 e. The van der Waals surface area contributed by atoms with Crippen molar-refractivity contribution in [3.63, 3.8) is 0 Å². The van der Waals surface area contributed by atoms with Crippen LogP contribution in [0.15, 0.2) is 0 Å². The molecular weight excluding hydrogens is 182 g/mol. The van der Waals surface area contributed by atoms with Gasteiger partial charge in [0.25, 0.3) is 0 Å². The second kappa shape index (κ2) is 4.67. The minimum Gasteiger partial charge on any atom is -0.393 e. The molecule has 2 saturated heterocycles. The van der Waals surface area contributed by atoms with Gasteiger partial charge in [-0.25, -0.2) is 0 Å². The van der Waals surface area contributed by atoms with Gasteiger partial charge in [0.2, 0.25) is 0 Å². The van der Waals surface area contributed by atoms with Gasteiger partial charge in [-0.2, -0.15) is 11.8 Å². The van der Waals surface area contributed by atoms with Crippen LogP contribution in [0.1, 0.15) is 19.3 Å². The van der Waals surface area contributed by atoms with Crippen molar-refractivity contribution >= 4 is 11.8 Å². The molecule has 3 unspecified atom stereocenters. The van der Waals surface area contributed by atoms with E-state index in [2.05, 4.69) is 17.1 Å². The van der Waals surface area contributed by atoms with E-state index >= 15 is 0 Å². The van der Waals surface area contributed by atoms with Gasteiger partial charge in [0.05, 0.1) is 6.10 Å². The normalized spacial score (nSPS) is 41.8. The average Bonchev–Trinajstić information content (AvgIpc) is 2.20. The summed E-state index contributed by atoms with van der Waals surface area (Å²) >= 11 is 2.06. The summed E-state index contributed by atoms with van der Waals surface area (Å²) in [6.45, 7) is 2.03. The van der Waals surface area contributed by atoms with Crippen LogP contribution in [-0.4, -0.2) is 35.8 Å². The molecule has 2 nitrogen and oxygen atoms in total. The molecule has 2 aliphatic rings.